The SMILES string of the molecule is CCC(C)NC(=O)C1CCCN(S(=O)(=O)c2ccc(S(=O)(=O)NCC(C)C)cc2)C1. The van der Waals surface area contributed by atoms with Crippen molar-refractivity contribution in [2.24, 2.45) is 11.8 Å². The zero-order chi connectivity index (χ0) is 22.5. The number of nitrogens with zero attached hydrogens (tertiary/aromatic N) is 1. The van der Waals surface area contributed by atoms with E-state index in [9.17, 15) is 21.6 Å². The summed E-state index contributed by atoms with van der Waals surface area (Å²) in [6.07, 6.45) is 2.05. The van der Waals surface area contributed by atoms with Gasteiger partial charge in [0.1, 0.15) is 0 Å². The zero-order valence-electron chi connectivity index (χ0n) is 18.1. The summed E-state index contributed by atoms with van der Waals surface area (Å²) < 4.78 is 54.5. The first-order valence-electron chi connectivity index (χ1n) is 10.4. The van der Waals surface area contributed by atoms with Gasteiger partial charge < -0.3 is 5.32 Å². The van der Waals surface area contributed by atoms with Crippen LogP contribution in [0, 0.1) is 11.8 Å². The van der Waals surface area contributed by atoms with E-state index in [0.717, 1.165) is 6.42 Å². The van der Waals surface area contributed by atoms with Crippen LogP contribution in [-0.2, 0) is 24.8 Å². The predicted octanol–water partition coefficient (Wildman–Crippen LogP) is 1.94. The lowest BCUT2D eigenvalue weighted by Gasteiger charge is -2.31. The van der Waals surface area contributed by atoms with Gasteiger partial charge in [-0.15, -0.1) is 0 Å². The van der Waals surface area contributed by atoms with Crippen molar-refractivity contribution in [3.05, 3.63) is 24.3 Å². The normalized spacial score (nSPS) is 19.6. The van der Waals surface area contributed by atoms with Crippen molar-refractivity contribution < 1.29 is 21.6 Å². The number of amides is 1. The molecule has 2 N–H and O–H groups in total. The first-order valence-corrected chi connectivity index (χ1v) is 13.3. The first kappa shape index (κ1) is 24.8. The highest BCUT2D eigenvalue weighted by Crippen LogP contribution is 2.25. The molecule has 0 spiro atoms. The number of rotatable bonds is 9. The largest absolute Gasteiger partial charge is 0.353 e. The molecule has 1 amide bonds. The Morgan fingerprint density at radius 2 is 1.70 bits per heavy atom. The van der Waals surface area contributed by atoms with E-state index >= 15 is 0 Å². The van der Waals surface area contributed by atoms with Crippen LogP contribution in [0.15, 0.2) is 34.1 Å². The minimum Gasteiger partial charge on any atom is -0.353 e. The van der Waals surface area contributed by atoms with Gasteiger partial charge in [-0.3, -0.25) is 4.79 Å². The molecule has 2 rings (SSSR count). The fourth-order valence-electron chi connectivity index (χ4n) is 3.14. The molecule has 1 aromatic carbocycles. The zero-order valence-corrected chi connectivity index (χ0v) is 19.7. The Labute approximate surface area is 180 Å². The van der Waals surface area contributed by atoms with Crippen molar-refractivity contribution in [3.8, 4) is 0 Å². The smallest absolute Gasteiger partial charge is 0.243 e. The van der Waals surface area contributed by atoms with E-state index in [-0.39, 0.29) is 40.1 Å². The molecular formula is C20H33N3O5S2. The summed E-state index contributed by atoms with van der Waals surface area (Å²) in [4.78, 5) is 12.5. The van der Waals surface area contributed by atoms with Crippen LogP contribution in [0.5, 0.6) is 0 Å². The van der Waals surface area contributed by atoms with Crippen LogP contribution in [0.1, 0.15) is 47.0 Å². The number of carbonyl (C=O) groups excluding carboxylic acids is 1. The van der Waals surface area contributed by atoms with Gasteiger partial charge in [0.05, 0.1) is 15.7 Å². The summed E-state index contributed by atoms with van der Waals surface area (Å²) in [7, 11) is -7.50. The van der Waals surface area contributed by atoms with Crippen LogP contribution in [0.25, 0.3) is 0 Å². The van der Waals surface area contributed by atoms with E-state index in [1.165, 1.54) is 28.6 Å². The lowest BCUT2D eigenvalue weighted by Crippen LogP contribution is -2.47. The van der Waals surface area contributed by atoms with E-state index in [1.54, 1.807) is 0 Å². The number of hydrogen-bond donors (Lipinski definition) is 2. The van der Waals surface area contributed by atoms with Crippen LogP contribution in [-0.4, -0.2) is 52.7 Å². The van der Waals surface area contributed by atoms with Crippen LogP contribution >= 0.6 is 0 Å². The third kappa shape index (κ3) is 6.26. The minimum absolute atomic E-state index is 0.0200. The number of benzene rings is 1. The molecule has 1 aromatic rings. The van der Waals surface area contributed by atoms with Crippen molar-refractivity contribution in [2.75, 3.05) is 19.6 Å². The molecule has 0 bridgehead atoms. The maximum Gasteiger partial charge on any atom is 0.243 e. The summed E-state index contributed by atoms with van der Waals surface area (Å²) in [5.74, 6) is -0.353. The second-order valence-corrected chi connectivity index (χ2v) is 11.9. The Morgan fingerprint density at radius 1 is 1.10 bits per heavy atom. The Bertz CT molecular complexity index is 928. The molecule has 1 heterocycles. The molecular weight excluding hydrogens is 426 g/mol. The molecule has 0 aliphatic carbocycles. The Hall–Kier alpha value is -1.49. The Morgan fingerprint density at radius 3 is 2.27 bits per heavy atom. The highest BCUT2D eigenvalue weighted by molar-refractivity contribution is 7.89. The molecule has 0 aromatic heterocycles. The van der Waals surface area contributed by atoms with Crippen molar-refractivity contribution in [1.29, 1.82) is 0 Å². The van der Waals surface area contributed by atoms with Crippen molar-refractivity contribution in [3.63, 3.8) is 0 Å². The summed E-state index contributed by atoms with van der Waals surface area (Å²) in [6.45, 7) is 8.45. The van der Waals surface area contributed by atoms with Gasteiger partial charge in [-0.2, -0.15) is 4.31 Å². The molecule has 170 valence electrons. The molecule has 0 radical (unpaired) electrons. The molecule has 8 nitrogen and oxygen atoms in total. The minimum atomic E-state index is -3.81. The Balaban J connectivity index is 2.13. The molecule has 0 saturated carbocycles. The molecule has 30 heavy (non-hydrogen) atoms. The second kappa shape index (κ2) is 10.2. The standard InChI is InChI=1S/C20H33N3O5S2/c1-5-16(4)22-20(24)17-7-6-12-23(14-17)30(27,28)19-10-8-18(9-11-19)29(25,26)21-13-15(2)3/h8-11,15-17,21H,5-7,12-14H2,1-4H3,(H,22,24). The van der Waals surface area contributed by atoms with Crippen molar-refractivity contribution in [1.82, 2.24) is 14.3 Å². The van der Waals surface area contributed by atoms with Gasteiger partial charge in [0.25, 0.3) is 0 Å². The molecule has 1 saturated heterocycles. The molecule has 2 unspecified atom stereocenters. The maximum atomic E-state index is 13.0. The van der Waals surface area contributed by atoms with Crippen LogP contribution in [0.3, 0.4) is 0 Å². The molecule has 1 aliphatic heterocycles. The van der Waals surface area contributed by atoms with E-state index in [4.69, 9.17) is 0 Å². The lowest BCUT2D eigenvalue weighted by molar-refractivity contribution is -0.126. The van der Waals surface area contributed by atoms with E-state index in [0.29, 0.717) is 25.9 Å². The monoisotopic (exact) mass is 459 g/mol. The van der Waals surface area contributed by atoms with Gasteiger partial charge >= 0.3 is 0 Å². The summed E-state index contributed by atoms with van der Waals surface area (Å²) in [5, 5.41) is 2.92. The van der Waals surface area contributed by atoms with E-state index in [2.05, 4.69) is 10.0 Å². The first-order chi connectivity index (χ1) is 14.0. The van der Waals surface area contributed by atoms with Crippen LogP contribution in [0.2, 0.25) is 0 Å². The second-order valence-electron chi connectivity index (χ2n) is 8.24. The number of piperidine rings is 1. The topological polar surface area (TPSA) is 113 Å². The number of hydrogen-bond acceptors (Lipinski definition) is 5. The van der Waals surface area contributed by atoms with Gasteiger partial charge in [0, 0.05) is 25.7 Å². The van der Waals surface area contributed by atoms with Crippen molar-refractivity contribution >= 4 is 26.0 Å². The molecule has 1 fully saturated rings. The summed E-state index contributed by atoms with van der Waals surface area (Å²) >= 11 is 0. The van der Waals surface area contributed by atoms with Crippen LogP contribution < -0.4 is 10.0 Å². The quantitative estimate of drug-likeness (QED) is 0.586. The molecule has 10 heteroatoms. The Kier molecular flexibility index (Phi) is 8.43. The number of carbonyl (C=O) groups is 1. The maximum absolute atomic E-state index is 13.0. The lowest BCUT2D eigenvalue weighted by atomic mass is 9.98. The van der Waals surface area contributed by atoms with Crippen molar-refractivity contribution in [2.45, 2.75) is 62.8 Å². The van der Waals surface area contributed by atoms with Gasteiger partial charge in [-0.05, 0) is 56.4 Å². The van der Waals surface area contributed by atoms with Crippen LogP contribution in [0.4, 0.5) is 0 Å². The molecule has 1 aliphatic rings. The van der Waals surface area contributed by atoms with Gasteiger partial charge in [0.2, 0.25) is 26.0 Å². The van der Waals surface area contributed by atoms with E-state index in [1.807, 2.05) is 27.7 Å². The molecule has 2 atom stereocenters. The fourth-order valence-corrected chi connectivity index (χ4v) is 5.87. The highest BCUT2D eigenvalue weighted by Gasteiger charge is 2.33. The third-order valence-electron chi connectivity index (χ3n) is 5.21. The number of sulfonamides is 2. The van der Waals surface area contributed by atoms with E-state index < -0.39 is 20.0 Å². The highest BCUT2D eigenvalue weighted by atomic mass is 32.2. The third-order valence-corrected chi connectivity index (χ3v) is 8.53. The summed E-state index contributed by atoms with van der Waals surface area (Å²) in [5.41, 5.74) is 0. The van der Waals surface area contributed by atoms with Gasteiger partial charge in [-0.1, -0.05) is 20.8 Å². The predicted molar refractivity (Wildman–Crippen MR) is 116 cm³/mol. The average Bonchev–Trinajstić information content (AvgIpc) is 2.72. The average molecular weight is 460 g/mol. The van der Waals surface area contributed by atoms with Gasteiger partial charge in [0.15, 0.2) is 0 Å². The fraction of sp³-hybridized carbons (Fsp3) is 0.650. The van der Waals surface area contributed by atoms with Gasteiger partial charge in [-0.25, -0.2) is 21.6 Å². The summed E-state index contributed by atoms with van der Waals surface area (Å²) in [6, 6.07) is 5.26. The number of nitrogens with one attached hydrogen (secondary N) is 2.